The fourth-order valence-electron chi connectivity index (χ4n) is 12.1. The van der Waals surface area contributed by atoms with Crippen molar-refractivity contribution in [3.63, 3.8) is 0 Å². The van der Waals surface area contributed by atoms with Crippen LogP contribution >= 0.6 is 0 Å². The summed E-state index contributed by atoms with van der Waals surface area (Å²) in [6.45, 7) is 4.69. The van der Waals surface area contributed by atoms with E-state index in [4.69, 9.17) is 9.97 Å². The van der Waals surface area contributed by atoms with Crippen molar-refractivity contribution in [3.05, 3.63) is 230 Å². The Labute approximate surface area is 398 Å². The maximum Gasteiger partial charge on any atom is 0.0979 e. The van der Waals surface area contributed by atoms with Crippen LogP contribution in [0.2, 0.25) is 0 Å². The van der Waals surface area contributed by atoms with Crippen LogP contribution in [0.4, 0.5) is 0 Å². The molecule has 4 nitrogen and oxygen atoms in total. The van der Waals surface area contributed by atoms with E-state index >= 15 is 0 Å². The Bertz CT molecular complexity index is 4530. The fraction of sp³-hybridized carbons (Fsp3) is 0.0462. The number of fused-ring (bicyclic) bond motifs is 13. The van der Waals surface area contributed by atoms with Crippen molar-refractivity contribution in [1.29, 1.82) is 0 Å². The van der Waals surface area contributed by atoms with Gasteiger partial charge in [0.15, 0.2) is 0 Å². The second kappa shape index (κ2) is 14.1. The maximum absolute atomic E-state index is 5.50. The van der Waals surface area contributed by atoms with Gasteiger partial charge in [-0.3, -0.25) is 0 Å². The fourth-order valence-corrected chi connectivity index (χ4v) is 12.1. The zero-order valence-corrected chi connectivity index (χ0v) is 38.1. The molecule has 0 atom stereocenters. The van der Waals surface area contributed by atoms with Crippen molar-refractivity contribution in [3.8, 4) is 45.0 Å². The minimum Gasteiger partial charge on any atom is -0.309 e. The molecule has 0 bridgehead atoms. The molecule has 0 fully saturated rings. The highest BCUT2D eigenvalue weighted by Gasteiger charge is 2.38. The molecule has 0 N–H and O–H groups in total. The molecule has 1 aliphatic carbocycles. The SMILES string of the molecule is CC1(C)c2ccccc2-c2cccc(-c3nc4ccccc4nc3-c3cccc4cc(-n5c6cc(-n7c8ccccc8c8cc9ccccc9cc87)ccc6c6cc7ccccc7cc65)ccc34)c21. The third-order valence-electron chi connectivity index (χ3n) is 15.2. The molecule has 0 saturated carbocycles. The molecule has 3 heterocycles. The minimum atomic E-state index is -0.218. The van der Waals surface area contributed by atoms with Crippen molar-refractivity contribution in [2.24, 2.45) is 0 Å². The molecule has 14 aromatic rings. The molecule has 0 spiro atoms. The number of rotatable bonds is 4. The molecule has 322 valence electrons. The highest BCUT2D eigenvalue weighted by Crippen LogP contribution is 2.53. The van der Waals surface area contributed by atoms with E-state index in [9.17, 15) is 0 Å². The molecule has 4 heteroatoms. The van der Waals surface area contributed by atoms with E-state index in [1.165, 1.54) is 81.9 Å². The molecule has 0 unspecified atom stereocenters. The first kappa shape index (κ1) is 38.3. The van der Waals surface area contributed by atoms with E-state index in [0.29, 0.717) is 0 Å². The van der Waals surface area contributed by atoms with Gasteiger partial charge in [0.1, 0.15) is 0 Å². The van der Waals surface area contributed by atoms with Gasteiger partial charge in [0.2, 0.25) is 0 Å². The van der Waals surface area contributed by atoms with E-state index in [0.717, 1.165) is 61.2 Å². The molecule has 69 heavy (non-hydrogen) atoms. The van der Waals surface area contributed by atoms with Crippen molar-refractivity contribution < 1.29 is 0 Å². The molecule has 0 saturated heterocycles. The molecule has 0 aliphatic heterocycles. The summed E-state index contributed by atoms with van der Waals surface area (Å²) in [6, 6.07) is 80.1. The van der Waals surface area contributed by atoms with Gasteiger partial charge in [0, 0.05) is 49.5 Å². The molecular formula is C65H42N4. The zero-order chi connectivity index (χ0) is 45.5. The smallest absolute Gasteiger partial charge is 0.0979 e. The second-order valence-electron chi connectivity index (χ2n) is 19.3. The summed E-state index contributed by atoms with van der Waals surface area (Å²) in [4.78, 5) is 11.0. The predicted molar refractivity (Wildman–Crippen MR) is 289 cm³/mol. The maximum atomic E-state index is 5.50. The monoisotopic (exact) mass is 878 g/mol. The van der Waals surface area contributed by atoms with E-state index in [1.807, 2.05) is 0 Å². The Hall–Kier alpha value is -8.86. The average Bonchev–Trinajstić information content (AvgIpc) is 3.98. The van der Waals surface area contributed by atoms with Crippen molar-refractivity contribution in [1.82, 2.24) is 19.1 Å². The van der Waals surface area contributed by atoms with Gasteiger partial charge in [-0.2, -0.15) is 0 Å². The van der Waals surface area contributed by atoms with Crippen LogP contribution in [-0.4, -0.2) is 19.1 Å². The summed E-state index contributed by atoms with van der Waals surface area (Å²) >= 11 is 0. The average molecular weight is 879 g/mol. The van der Waals surface area contributed by atoms with Crippen LogP contribution in [0.15, 0.2) is 218 Å². The highest BCUT2D eigenvalue weighted by atomic mass is 15.0. The van der Waals surface area contributed by atoms with Crippen molar-refractivity contribution in [2.75, 3.05) is 0 Å². The Morgan fingerprint density at radius 3 is 1.52 bits per heavy atom. The van der Waals surface area contributed by atoms with Gasteiger partial charge in [0.05, 0.1) is 44.5 Å². The van der Waals surface area contributed by atoms with Gasteiger partial charge in [-0.1, -0.05) is 166 Å². The van der Waals surface area contributed by atoms with Gasteiger partial charge in [-0.15, -0.1) is 0 Å². The summed E-state index contributed by atoms with van der Waals surface area (Å²) in [6.07, 6.45) is 0. The summed E-state index contributed by atoms with van der Waals surface area (Å²) in [5, 5.41) is 12.1. The lowest BCUT2D eigenvalue weighted by molar-refractivity contribution is 0.662. The summed E-state index contributed by atoms with van der Waals surface area (Å²) in [5.41, 5.74) is 17.7. The first-order chi connectivity index (χ1) is 34.0. The lowest BCUT2D eigenvalue weighted by Gasteiger charge is -2.25. The summed E-state index contributed by atoms with van der Waals surface area (Å²) in [5.74, 6) is 0. The third kappa shape index (κ3) is 5.46. The quantitative estimate of drug-likeness (QED) is 0.177. The van der Waals surface area contributed by atoms with E-state index in [2.05, 4.69) is 241 Å². The lowest BCUT2D eigenvalue weighted by atomic mass is 9.79. The number of benzene rings is 11. The first-order valence-corrected chi connectivity index (χ1v) is 23.9. The predicted octanol–water partition coefficient (Wildman–Crippen LogP) is 16.9. The molecular weight excluding hydrogens is 837 g/mol. The van der Waals surface area contributed by atoms with E-state index in [-0.39, 0.29) is 5.41 Å². The van der Waals surface area contributed by atoms with Gasteiger partial charge in [0.25, 0.3) is 0 Å². The molecule has 11 aromatic carbocycles. The largest absolute Gasteiger partial charge is 0.309 e. The van der Waals surface area contributed by atoms with Crippen LogP contribution in [-0.2, 0) is 5.41 Å². The Morgan fingerprint density at radius 1 is 0.319 bits per heavy atom. The molecule has 3 aromatic heterocycles. The number of aromatic nitrogens is 4. The first-order valence-electron chi connectivity index (χ1n) is 23.9. The van der Waals surface area contributed by atoms with E-state index < -0.39 is 0 Å². The van der Waals surface area contributed by atoms with Gasteiger partial charge < -0.3 is 9.13 Å². The van der Waals surface area contributed by atoms with Gasteiger partial charge >= 0.3 is 0 Å². The van der Waals surface area contributed by atoms with Crippen molar-refractivity contribution in [2.45, 2.75) is 19.3 Å². The summed E-state index contributed by atoms with van der Waals surface area (Å²) < 4.78 is 4.93. The standard InChI is InChI=1S/C65H42N4/c1-65(2)55-25-9-7-20-47(55)50-22-14-24-52(62(50)65)64-63(66-56-26-10-11-27-57(56)67-64)51-23-13-19-43-33-44(29-31-46(43)51)69-60-37-42-18-6-4-16-40(42)35-54(60)49-32-30-45(38-61(49)69)68-58-28-12-8-21-48(58)53-34-39-15-3-5-17-41(39)36-59(53)68/h3-38H,1-2H3. The number of hydrogen-bond acceptors (Lipinski definition) is 2. The van der Waals surface area contributed by atoms with Crippen LogP contribution in [0.5, 0.6) is 0 Å². The van der Waals surface area contributed by atoms with Crippen LogP contribution in [0.25, 0.3) is 132 Å². The van der Waals surface area contributed by atoms with E-state index in [1.54, 1.807) is 0 Å². The van der Waals surface area contributed by atoms with Crippen LogP contribution in [0, 0.1) is 0 Å². The number of para-hydroxylation sites is 3. The Kier molecular flexibility index (Phi) is 7.81. The van der Waals surface area contributed by atoms with Crippen LogP contribution in [0.3, 0.4) is 0 Å². The second-order valence-corrected chi connectivity index (χ2v) is 19.3. The topological polar surface area (TPSA) is 35.6 Å². The lowest BCUT2D eigenvalue weighted by Crippen LogP contribution is -2.16. The number of nitrogens with zero attached hydrogens (tertiary/aromatic N) is 4. The highest BCUT2D eigenvalue weighted by molar-refractivity contribution is 6.16. The summed E-state index contributed by atoms with van der Waals surface area (Å²) in [7, 11) is 0. The molecule has 0 radical (unpaired) electrons. The molecule has 0 amide bonds. The van der Waals surface area contributed by atoms with Crippen LogP contribution in [0.1, 0.15) is 25.0 Å². The normalized spacial score (nSPS) is 13.2. The molecule has 15 rings (SSSR count). The van der Waals surface area contributed by atoms with Crippen LogP contribution < -0.4 is 0 Å². The Balaban J connectivity index is 0.962. The van der Waals surface area contributed by atoms with Crippen molar-refractivity contribution >= 4 is 87.0 Å². The molecule has 1 aliphatic rings. The van der Waals surface area contributed by atoms with Gasteiger partial charge in [-0.25, -0.2) is 9.97 Å². The number of hydrogen-bond donors (Lipinski definition) is 0. The minimum absolute atomic E-state index is 0.218. The van der Waals surface area contributed by atoms with Gasteiger partial charge in [-0.05, 0) is 121 Å². The Morgan fingerprint density at radius 2 is 0.797 bits per heavy atom. The third-order valence-corrected chi connectivity index (χ3v) is 15.2. The zero-order valence-electron chi connectivity index (χ0n) is 38.1.